The first-order valence-electron chi connectivity index (χ1n) is 7.05. The van der Waals surface area contributed by atoms with E-state index in [2.05, 4.69) is 0 Å². The highest BCUT2D eigenvalue weighted by Crippen LogP contribution is 2.23. The molecule has 0 fully saturated rings. The lowest BCUT2D eigenvalue weighted by molar-refractivity contribution is 0.316. The molecule has 0 aliphatic heterocycles. The first-order chi connectivity index (χ1) is 10.6. The van der Waals surface area contributed by atoms with Crippen LogP contribution in [-0.2, 0) is 16.4 Å². The Kier molecular flexibility index (Phi) is 5.35. The van der Waals surface area contributed by atoms with Crippen LogP contribution in [0.15, 0.2) is 71.6 Å². The molecule has 0 saturated carbocycles. The molecule has 5 heteroatoms. The number of hydrogen-bond donors (Lipinski definition) is 1. The van der Waals surface area contributed by atoms with E-state index in [1.165, 1.54) is 12.1 Å². The fourth-order valence-corrected chi connectivity index (χ4v) is 3.17. The van der Waals surface area contributed by atoms with E-state index in [1.54, 1.807) is 36.4 Å². The first-order valence-corrected chi connectivity index (χ1v) is 8.49. The molecular weight excluding hydrogens is 298 g/mol. The molecule has 1 N–H and O–H groups in total. The van der Waals surface area contributed by atoms with Gasteiger partial charge >= 0.3 is 0 Å². The van der Waals surface area contributed by atoms with Gasteiger partial charge in [0.25, 0.3) is 10.0 Å². The highest BCUT2D eigenvalue weighted by molar-refractivity contribution is 7.92. The molecule has 22 heavy (non-hydrogen) atoms. The summed E-state index contributed by atoms with van der Waals surface area (Å²) >= 11 is 0. The number of benzene rings is 2. The van der Waals surface area contributed by atoms with Crippen LogP contribution in [-0.4, -0.2) is 13.6 Å². The molecule has 2 aromatic rings. The van der Waals surface area contributed by atoms with Crippen molar-refractivity contribution in [2.45, 2.75) is 24.7 Å². The van der Waals surface area contributed by atoms with Crippen molar-refractivity contribution in [2.24, 2.45) is 0 Å². The summed E-state index contributed by atoms with van der Waals surface area (Å²) in [7, 11) is -3.96. The molecule has 0 atom stereocenters. The standard InChI is InChI=1S/C17H19NO3S/c1-2-3-5-9-15-10-8-11-16(14-15)18(19)22(20,21)17-12-6-4-7-13-17/h2-4,6-8,10-14,19H,5,9H2,1H3/b3-2+. The van der Waals surface area contributed by atoms with E-state index in [-0.39, 0.29) is 10.6 Å². The number of rotatable bonds is 6. The van der Waals surface area contributed by atoms with Gasteiger partial charge in [0.2, 0.25) is 0 Å². The Hall–Kier alpha value is -2.11. The Morgan fingerprint density at radius 2 is 1.82 bits per heavy atom. The van der Waals surface area contributed by atoms with Gasteiger partial charge in [-0.3, -0.25) is 5.21 Å². The van der Waals surface area contributed by atoms with Gasteiger partial charge in [-0.15, -0.1) is 4.47 Å². The normalized spacial score (nSPS) is 11.7. The van der Waals surface area contributed by atoms with Crippen LogP contribution in [0.4, 0.5) is 5.69 Å². The minimum atomic E-state index is -3.96. The third kappa shape index (κ3) is 3.75. The molecule has 0 aliphatic carbocycles. The molecule has 116 valence electrons. The van der Waals surface area contributed by atoms with Crippen LogP contribution in [0.3, 0.4) is 0 Å². The lowest BCUT2D eigenvalue weighted by atomic mass is 10.1. The predicted molar refractivity (Wildman–Crippen MR) is 87.5 cm³/mol. The Balaban J connectivity index is 2.26. The SMILES string of the molecule is C/C=C/CCc1cccc(N(O)S(=O)(=O)c2ccccc2)c1. The van der Waals surface area contributed by atoms with Crippen LogP contribution >= 0.6 is 0 Å². The van der Waals surface area contributed by atoms with Gasteiger partial charge in [0.15, 0.2) is 0 Å². The van der Waals surface area contributed by atoms with Crippen molar-refractivity contribution in [3.05, 3.63) is 72.3 Å². The van der Waals surface area contributed by atoms with Gasteiger partial charge in [-0.1, -0.05) is 42.5 Å². The van der Waals surface area contributed by atoms with Crippen LogP contribution in [0.5, 0.6) is 0 Å². The Morgan fingerprint density at radius 1 is 1.09 bits per heavy atom. The van der Waals surface area contributed by atoms with Crippen molar-refractivity contribution >= 4 is 15.7 Å². The molecular formula is C17H19NO3S. The van der Waals surface area contributed by atoms with Crippen LogP contribution in [0, 0.1) is 0 Å². The van der Waals surface area contributed by atoms with Crippen molar-refractivity contribution in [1.29, 1.82) is 0 Å². The van der Waals surface area contributed by atoms with E-state index in [4.69, 9.17) is 0 Å². The summed E-state index contributed by atoms with van der Waals surface area (Å²) in [6.07, 6.45) is 5.68. The van der Waals surface area contributed by atoms with Gasteiger partial charge in [0.1, 0.15) is 0 Å². The minimum absolute atomic E-state index is 0.0526. The van der Waals surface area contributed by atoms with E-state index < -0.39 is 10.0 Å². The number of aryl methyl sites for hydroxylation is 1. The lowest BCUT2D eigenvalue weighted by Gasteiger charge is -2.17. The Bertz CT molecular complexity index is 740. The van der Waals surface area contributed by atoms with Crippen molar-refractivity contribution in [1.82, 2.24) is 0 Å². The second-order valence-electron chi connectivity index (χ2n) is 4.84. The summed E-state index contributed by atoms with van der Waals surface area (Å²) in [5, 5.41) is 10.1. The van der Waals surface area contributed by atoms with Gasteiger partial charge < -0.3 is 0 Å². The smallest absolute Gasteiger partial charge is 0.274 e. The van der Waals surface area contributed by atoms with Gasteiger partial charge in [-0.25, -0.2) is 0 Å². The zero-order valence-corrected chi connectivity index (χ0v) is 13.2. The quantitative estimate of drug-likeness (QED) is 0.651. The van der Waals surface area contributed by atoms with Gasteiger partial charge in [-0.2, -0.15) is 8.42 Å². The lowest BCUT2D eigenvalue weighted by Crippen LogP contribution is -2.27. The number of nitrogens with zero attached hydrogens (tertiary/aromatic N) is 1. The average Bonchev–Trinajstić information content (AvgIpc) is 2.55. The minimum Gasteiger partial charge on any atom is -0.274 e. The summed E-state index contributed by atoms with van der Waals surface area (Å²) < 4.78 is 25.1. The molecule has 2 rings (SSSR count). The highest BCUT2D eigenvalue weighted by atomic mass is 32.2. The number of anilines is 1. The Labute approximate surface area is 131 Å². The second-order valence-corrected chi connectivity index (χ2v) is 6.61. The van der Waals surface area contributed by atoms with Crippen molar-refractivity contribution < 1.29 is 13.6 Å². The molecule has 0 radical (unpaired) electrons. The predicted octanol–water partition coefficient (Wildman–Crippen LogP) is 3.78. The van der Waals surface area contributed by atoms with Crippen LogP contribution in [0.25, 0.3) is 0 Å². The Morgan fingerprint density at radius 3 is 2.50 bits per heavy atom. The maximum atomic E-state index is 12.4. The average molecular weight is 317 g/mol. The van der Waals surface area contributed by atoms with Crippen LogP contribution in [0.2, 0.25) is 0 Å². The maximum absolute atomic E-state index is 12.4. The van der Waals surface area contributed by atoms with Crippen molar-refractivity contribution in [3.63, 3.8) is 0 Å². The van der Waals surface area contributed by atoms with Crippen LogP contribution in [0.1, 0.15) is 18.9 Å². The van der Waals surface area contributed by atoms with Crippen molar-refractivity contribution in [3.8, 4) is 0 Å². The molecule has 0 unspecified atom stereocenters. The molecule has 0 bridgehead atoms. The molecule has 0 amide bonds. The molecule has 4 nitrogen and oxygen atoms in total. The second kappa shape index (κ2) is 7.24. The highest BCUT2D eigenvalue weighted by Gasteiger charge is 2.23. The maximum Gasteiger partial charge on any atom is 0.286 e. The van der Waals surface area contributed by atoms with Gasteiger partial charge in [0, 0.05) is 0 Å². The van der Waals surface area contributed by atoms with E-state index in [0.717, 1.165) is 18.4 Å². The van der Waals surface area contributed by atoms with Crippen LogP contribution < -0.4 is 4.47 Å². The molecule has 0 spiro atoms. The van der Waals surface area contributed by atoms with Crippen molar-refractivity contribution in [2.75, 3.05) is 4.47 Å². The summed E-state index contributed by atoms with van der Waals surface area (Å²) in [5.41, 5.74) is 1.21. The molecule has 0 heterocycles. The molecule has 0 aliphatic rings. The molecule has 0 saturated heterocycles. The largest absolute Gasteiger partial charge is 0.286 e. The number of hydrogen-bond acceptors (Lipinski definition) is 3. The van der Waals surface area contributed by atoms with Gasteiger partial charge in [-0.05, 0) is 49.6 Å². The summed E-state index contributed by atoms with van der Waals surface area (Å²) in [5.74, 6) is 0. The third-order valence-electron chi connectivity index (χ3n) is 3.24. The van der Waals surface area contributed by atoms with E-state index >= 15 is 0 Å². The topological polar surface area (TPSA) is 57.6 Å². The fourth-order valence-electron chi connectivity index (χ4n) is 2.08. The zero-order valence-electron chi connectivity index (χ0n) is 12.4. The van der Waals surface area contributed by atoms with E-state index in [0.29, 0.717) is 4.47 Å². The fraction of sp³-hybridized carbons (Fsp3) is 0.176. The summed E-state index contributed by atoms with van der Waals surface area (Å²) in [6.45, 7) is 1.96. The summed E-state index contributed by atoms with van der Waals surface area (Å²) in [4.78, 5) is 0.0526. The zero-order chi connectivity index (χ0) is 16.0. The molecule has 2 aromatic carbocycles. The molecule has 0 aromatic heterocycles. The first kappa shape index (κ1) is 16.3. The van der Waals surface area contributed by atoms with Gasteiger partial charge in [0.05, 0.1) is 10.6 Å². The van der Waals surface area contributed by atoms with E-state index in [9.17, 15) is 13.6 Å². The summed E-state index contributed by atoms with van der Waals surface area (Å²) in [6, 6.07) is 14.8. The third-order valence-corrected chi connectivity index (χ3v) is 4.77. The number of allylic oxidation sites excluding steroid dienone is 2. The number of sulfonamides is 1. The van der Waals surface area contributed by atoms with E-state index in [1.807, 2.05) is 25.1 Å². The monoisotopic (exact) mass is 317 g/mol.